The Balaban J connectivity index is 1.65. The van der Waals surface area contributed by atoms with E-state index in [0.29, 0.717) is 10.9 Å². The molecule has 1 amide bonds. The Morgan fingerprint density at radius 3 is 3.10 bits per heavy atom. The van der Waals surface area contributed by atoms with Gasteiger partial charge in [0, 0.05) is 24.8 Å². The van der Waals surface area contributed by atoms with Gasteiger partial charge < -0.3 is 15.7 Å². The Morgan fingerprint density at radius 2 is 2.43 bits per heavy atom. The van der Waals surface area contributed by atoms with Gasteiger partial charge in [0.2, 0.25) is 5.91 Å². The number of carbonyl (C=O) groups is 2. The largest absolute Gasteiger partial charge is 0.475 e. The van der Waals surface area contributed by atoms with E-state index in [1.807, 2.05) is 6.20 Å². The van der Waals surface area contributed by atoms with Crippen LogP contribution in [-0.4, -0.2) is 59.6 Å². The molecule has 0 spiro atoms. The lowest BCUT2D eigenvalue weighted by molar-refractivity contribution is -0.140. The van der Waals surface area contributed by atoms with E-state index in [4.69, 9.17) is 10.8 Å². The van der Waals surface area contributed by atoms with E-state index >= 15 is 0 Å². The highest BCUT2D eigenvalue weighted by atomic mass is 32.2. The molecule has 8 nitrogen and oxygen atoms in total. The van der Waals surface area contributed by atoms with Gasteiger partial charge >= 0.3 is 5.97 Å². The smallest absolute Gasteiger partial charge is 0.375 e. The molecule has 0 bridgehead atoms. The second-order valence-electron chi connectivity index (χ2n) is 4.70. The quantitative estimate of drug-likeness (QED) is 0.574. The molecular weight excluding hydrogens is 314 g/mol. The molecule has 112 valence electrons. The molecule has 3 rings (SSSR count). The van der Waals surface area contributed by atoms with Crippen LogP contribution >= 0.6 is 23.5 Å². The van der Waals surface area contributed by atoms with Gasteiger partial charge in [-0.2, -0.15) is 4.98 Å². The summed E-state index contributed by atoms with van der Waals surface area (Å²) in [6, 6.07) is -0.391. The number of hydrogen-bond acceptors (Lipinski definition) is 7. The summed E-state index contributed by atoms with van der Waals surface area (Å²) in [5, 5.41) is 13.2. The van der Waals surface area contributed by atoms with Crippen molar-refractivity contribution in [3.8, 4) is 0 Å². The van der Waals surface area contributed by atoms with Crippen LogP contribution in [0.5, 0.6) is 0 Å². The highest BCUT2D eigenvalue weighted by Crippen LogP contribution is 2.36. The van der Waals surface area contributed by atoms with Crippen LogP contribution in [0.3, 0.4) is 0 Å². The first-order valence-electron chi connectivity index (χ1n) is 6.13. The molecule has 1 fully saturated rings. The van der Waals surface area contributed by atoms with E-state index in [1.165, 1.54) is 16.4 Å². The average Bonchev–Trinajstić information content (AvgIpc) is 2.85. The molecule has 0 saturated carbocycles. The van der Waals surface area contributed by atoms with Crippen LogP contribution < -0.4 is 5.73 Å². The van der Waals surface area contributed by atoms with Gasteiger partial charge in [0.05, 0.1) is 0 Å². The third-order valence-electron chi connectivity index (χ3n) is 3.18. The molecule has 3 heterocycles. The average molecular weight is 327 g/mol. The summed E-state index contributed by atoms with van der Waals surface area (Å²) in [4.78, 5) is 28.0. The Morgan fingerprint density at radius 1 is 1.67 bits per heavy atom. The number of amides is 1. The molecule has 0 radical (unpaired) electrons. The van der Waals surface area contributed by atoms with Gasteiger partial charge in [-0.25, -0.2) is 9.48 Å². The highest BCUT2D eigenvalue weighted by Gasteiger charge is 2.46. The third-order valence-corrected chi connectivity index (χ3v) is 5.71. The molecule has 1 aromatic heterocycles. The fourth-order valence-electron chi connectivity index (χ4n) is 2.08. The maximum atomic E-state index is 11.6. The molecule has 1 aromatic rings. The second kappa shape index (κ2) is 5.35. The van der Waals surface area contributed by atoms with Crippen molar-refractivity contribution in [1.82, 2.24) is 19.7 Å². The Hall–Kier alpha value is -1.52. The van der Waals surface area contributed by atoms with Crippen molar-refractivity contribution in [1.29, 1.82) is 0 Å². The van der Waals surface area contributed by atoms with Gasteiger partial charge in [-0.05, 0) is 5.57 Å². The van der Waals surface area contributed by atoms with Crippen molar-refractivity contribution in [2.75, 3.05) is 11.5 Å². The van der Waals surface area contributed by atoms with Crippen molar-refractivity contribution < 1.29 is 14.7 Å². The minimum Gasteiger partial charge on any atom is -0.475 e. The third kappa shape index (κ3) is 2.54. The minimum atomic E-state index is -1.15. The van der Waals surface area contributed by atoms with E-state index in [-0.39, 0.29) is 17.1 Å². The fourth-order valence-corrected chi connectivity index (χ4v) is 4.29. The lowest BCUT2D eigenvalue weighted by Crippen LogP contribution is -2.66. The zero-order valence-corrected chi connectivity index (χ0v) is 12.7. The maximum absolute atomic E-state index is 11.6. The lowest BCUT2D eigenvalue weighted by Gasteiger charge is -2.45. The Bertz CT molecular complexity index is 644. The molecule has 0 aliphatic carbocycles. The topological polar surface area (TPSA) is 114 Å². The first-order chi connectivity index (χ1) is 9.97. The number of carbonyl (C=O) groups excluding carboxylic acids is 1. The number of nitrogens with zero attached hydrogens (tertiary/aromatic N) is 4. The minimum absolute atomic E-state index is 0.0541. The van der Waals surface area contributed by atoms with Crippen LogP contribution in [0.4, 0.5) is 0 Å². The van der Waals surface area contributed by atoms with Crippen LogP contribution in [0, 0.1) is 0 Å². The van der Waals surface area contributed by atoms with Crippen LogP contribution in [0.25, 0.3) is 0 Å². The van der Waals surface area contributed by atoms with E-state index in [0.717, 1.165) is 11.3 Å². The molecular formula is C11H13N5O3S2. The zero-order valence-electron chi connectivity index (χ0n) is 11.1. The van der Waals surface area contributed by atoms with Gasteiger partial charge in [0.15, 0.2) is 5.16 Å². The number of thioether (sulfide) groups is 2. The van der Waals surface area contributed by atoms with Crippen LogP contribution in [-0.2, 0) is 11.8 Å². The summed E-state index contributed by atoms with van der Waals surface area (Å²) in [6.45, 7) is 0. The standard InChI is InChI=1S/C11H13N5O3S2/c1-15-11(13-7(14-15)10(18)19)21-4-5-2-16-8(17)6(12)9(16)20-3-5/h2,6,9H,3-4,12H2,1H3,(H,18,19)/t6-,9-/m1/s1. The molecule has 2 atom stereocenters. The number of aryl methyl sites for hydroxylation is 1. The van der Waals surface area contributed by atoms with Crippen molar-refractivity contribution in [3.63, 3.8) is 0 Å². The predicted octanol–water partition coefficient (Wildman–Crippen LogP) is -0.268. The maximum Gasteiger partial charge on any atom is 0.375 e. The number of carboxylic acid groups (broad SMARTS) is 1. The van der Waals surface area contributed by atoms with Gasteiger partial charge in [0.25, 0.3) is 5.82 Å². The molecule has 10 heteroatoms. The Kier molecular flexibility index (Phi) is 3.68. The van der Waals surface area contributed by atoms with Crippen LogP contribution in [0.1, 0.15) is 10.6 Å². The van der Waals surface area contributed by atoms with Crippen molar-refractivity contribution >= 4 is 35.4 Å². The van der Waals surface area contributed by atoms with Gasteiger partial charge in [0.1, 0.15) is 11.4 Å². The monoisotopic (exact) mass is 327 g/mol. The number of aromatic nitrogens is 3. The molecule has 0 aromatic carbocycles. The number of aromatic carboxylic acids is 1. The van der Waals surface area contributed by atoms with Crippen LogP contribution in [0.2, 0.25) is 0 Å². The summed E-state index contributed by atoms with van der Waals surface area (Å²) in [5.41, 5.74) is 6.80. The second-order valence-corrected chi connectivity index (χ2v) is 6.74. The summed E-state index contributed by atoms with van der Waals surface area (Å²) in [6.07, 6.45) is 1.84. The normalized spacial score (nSPS) is 24.4. The summed E-state index contributed by atoms with van der Waals surface area (Å²) in [5.74, 6) is 0.0220. The molecule has 3 N–H and O–H groups in total. The number of fused-ring (bicyclic) bond motifs is 1. The van der Waals surface area contributed by atoms with Crippen LogP contribution in [0.15, 0.2) is 16.9 Å². The van der Waals surface area contributed by atoms with E-state index in [2.05, 4.69) is 10.1 Å². The zero-order chi connectivity index (χ0) is 15.1. The molecule has 2 aliphatic rings. The SMILES string of the molecule is Cn1nc(C(=O)O)nc1SCC1=CN2C(=O)[C@@H](N)[C@H]2SC1. The number of rotatable bonds is 4. The van der Waals surface area contributed by atoms with Crippen molar-refractivity contribution in [3.05, 3.63) is 17.6 Å². The van der Waals surface area contributed by atoms with Gasteiger partial charge in [-0.15, -0.1) is 16.9 Å². The van der Waals surface area contributed by atoms with Gasteiger partial charge in [-0.1, -0.05) is 11.8 Å². The number of nitrogens with two attached hydrogens (primary N) is 1. The molecule has 21 heavy (non-hydrogen) atoms. The number of hydrogen-bond donors (Lipinski definition) is 2. The lowest BCUT2D eigenvalue weighted by atomic mass is 10.1. The van der Waals surface area contributed by atoms with E-state index in [1.54, 1.807) is 23.7 Å². The fraction of sp³-hybridized carbons (Fsp3) is 0.455. The number of β-lactam (4-membered cyclic amide) rings is 1. The highest BCUT2D eigenvalue weighted by molar-refractivity contribution is 8.01. The van der Waals surface area contributed by atoms with Crippen molar-refractivity contribution in [2.24, 2.45) is 12.8 Å². The molecule has 0 unspecified atom stereocenters. The first kappa shape index (κ1) is 14.4. The van der Waals surface area contributed by atoms with E-state index in [9.17, 15) is 9.59 Å². The summed E-state index contributed by atoms with van der Waals surface area (Å²) >= 11 is 3.04. The predicted molar refractivity (Wildman–Crippen MR) is 77.8 cm³/mol. The van der Waals surface area contributed by atoms with Gasteiger partial charge in [-0.3, -0.25) is 4.79 Å². The van der Waals surface area contributed by atoms with Crippen molar-refractivity contribution in [2.45, 2.75) is 16.6 Å². The molecule has 2 aliphatic heterocycles. The van der Waals surface area contributed by atoms with E-state index < -0.39 is 12.0 Å². The first-order valence-corrected chi connectivity index (χ1v) is 8.17. The summed E-state index contributed by atoms with van der Waals surface area (Å²) < 4.78 is 1.44. The Labute approximate surface area is 128 Å². The molecule has 1 saturated heterocycles. The summed E-state index contributed by atoms with van der Waals surface area (Å²) in [7, 11) is 1.65. The number of carboxylic acids is 1.